The number of benzene rings is 2. The average Bonchev–Trinajstić information content (AvgIpc) is 3.71. The highest BCUT2D eigenvalue weighted by atomic mass is 32.2. The molecule has 2 aromatic rings. The van der Waals surface area contributed by atoms with Gasteiger partial charge in [-0.2, -0.15) is 0 Å². The van der Waals surface area contributed by atoms with Crippen LogP contribution in [0.2, 0.25) is 0 Å². The third-order valence-electron chi connectivity index (χ3n) is 8.47. The van der Waals surface area contributed by atoms with Crippen LogP contribution in [0.15, 0.2) is 42.5 Å². The summed E-state index contributed by atoms with van der Waals surface area (Å²) >= 11 is 0. The third-order valence-corrected chi connectivity index (χ3v) is 10.1. The van der Waals surface area contributed by atoms with Crippen molar-refractivity contribution in [2.75, 3.05) is 26.7 Å². The number of carbonyl (C=O) groups excluding carboxylic acids is 2. The molecule has 1 aliphatic heterocycles. The van der Waals surface area contributed by atoms with Crippen molar-refractivity contribution in [2.24, 2.45) is 5.41 Å². The number of para-hydroxylation sites is 1. The van der Waals surface area contributed by atoms with Gasteiger partial charge in [0.25, 0.3) is 0 Å². The number of halogens is 2. The van der Waals surface area contributed by atoms with Crippen LogP contribution >= 0.6 is 0 Å². The van der Waals surface area contributed by atoms with Crippen molar-refractivity contribution >= 4 is 22.2 Å². The van der Waals surface area contributed by atoms with Crippen LogP contribution in [0.4, 0.5) is 18.4 Å². The van der Waals surface area contributed by atoms with E-state index in [9.17, 15) is 22.4 Å². The lowest BCUT2D eigenvalue weighted by Gasteiger charge is -2.31. The van der Waals surface area contributed by atoms with Crippen LogP contribution in [0.5, 0.6) is 5.75 Å². The highest BCUT2D eigenvalue weighted by Gasteiger charge is 2.62. The molecular formula is C35H49F2N3O7S. The van der Waals surface area contributed by atoms with E-state index in [1.807, 2.05) is 0 Å². The molecular weight excluding hydrogens is 644 g/mol. The molecule has 48 heavy (non-hydrogen) atoms. The van der Waals surface area contributed by atoms with Crippen LogP contribution in [0.3, 0.4) is 0 Å². The highest BCUT2D eigenvalue weighted by Crippen LogP contribution is 2.56. The largest absolute Gasteiger partial charge is 0.491 e. The molecule has 2 aromatic carbocycles. The zero-order valence-electron chi connectivity index (χ0n) is 29.1. The van der Waals surface area contributed by atoms with Crippen molar-refractivity contribution in [3.63, 3.8) is 0 Å². The fourth-order valence-electron chi connectivity index (χ4n) is 5.90. The molecule has 1 heterocycles. The van der Waals surface area contributed by atoms with E-state index in [2.05, 4.69) is 4.72 Å². The first-order chi connectivity index (χ1) is 22.3. The fourth-order valence-corrected chi connectivity index (χ4v) is 7.25. The van der Waals surface area contributed by atoms with E-state index < -0.39 is 62.2 Å². The zero-order chi connectivity index (χ0) is 35.7. The van der Waals surface area contributed by atoms with Gasteiger partial charge < -0.3 is 24.0 Å². The second-order valence-electron chi connectivity index (χ2n) is 14.7. The molecule has 1 saturated carbocycles. The van der Waals surface area contributed by atoms with E-state index in [-0.39, 0.29) is 43.7 Å². The summed E-state index contributed by atoms with van der Waals surface area (Å²) in [5.74, 6) is -0.155. The molecule has 2 amide bonds. The molecule has 2 unspecified atom stereocenters. The Morgan fingerprint density at radius 3 is 2.25 bits per heavy atom. The molecule has 10 nitrogen and oxygen atoms in total. The third kappa shape index (κ3) is 8.96. The lowest BCUT2D eigenvalue weighted by molar-refractivity contribution is 0.0212. The number of hydrogen-bond donors (Lipinski definition) is 1. The number of carbonyl (C=O) groups is 2. The molecule has 2 aliphatic rings. The molecule has 1 spiro atoms. The number of sulfonamides is 1. The summed E-state index contributed by atoms with van der Waals surface area (Å²) in [6, 6.07) is 10.2. The number of likely N-dealkylation sites (tertiary alicyclic amines) is 1. The number of likely N-dealkylation sites (N-methyl/N-ethyl adjacent to an activating group) is 1. The summed E-state index contributed by atoms with van der Waals surface area (Å²) in [5, 5.41) is 0. The van der Waals surface area contributed by atoms with Crippen LogP contribution in [-0.4, -0.2) is 85.9 Å². The summed E-state index contributed by atoms with van der Waals surface area (Å²) in [6.07, 6.45) is -0.133. The van der Waals surface area contributed by atoms with Crippen molar-refractivity contribution in [3.8, 4) is 16.9 Å². The first-order valence-electron chi connectivity index (χ1n) is 16.4. The lowest BCUT2D eigenvalue weighted by atomic mass is 9.91. The van der Waals surface area contributed by atoms with Gasteiger partial charge in [-0.05, 0) is 78.9 Å². The van der Waals surface area contributed by atoms with Crippen LogP contribution in [0.1, 0.15) is 73.3 Å². The molecule has 1 N–H and O–H groups in total. The maximum absolute atomic E-state index is 16.5. The summed E-state index contributed by atoms with van der Waals surface area (Å²) < 4.78 is 76.7. The van der Waals surface area contributed by atoms with Gasteiger partial charge in [-0.15, -0.1) is 0 Å². The Labute approximate surface area is 283 Å². The number of nitrogens with zero attached hydrogens (tertiary/aromatic N) is 2. The first-order valence-corrected chi connectivity index (χ1v) is 17.9. The maximum Gasteiger partial charge on any atom is 0.410 e. The lowest BCUT2D eigenvalue weighted by Crippen LogP contribution is -2.51. The summed E-state index contributed by atoms with van der Waals surface area (Å²) in [6.45, 7) is 12.5. The summed E-state index contributed by atoms with van der Waals surface area (Å²) in [7, 11) is -2.77. The van der Waals surface area contributed by atoms with Gasteiger partial charge in [0.05, 0.1) is 18.6 Å². The molecule has 0 radical (unpaired) electrons. The predicted octanol–water partition coefficient (Wildman–Crippen LogP) is 6.67. The minimum Gasteiger partial charge on any atom is -0.491 e. The van der Waals surface area contributed by atoms with Crippen LogP contribution in [0.25, 0.3) is 11.1 Å². The van der Waals surface area contributed by atoms with Gasteiger partial charge >= 0.3 is 12.2 Å². The van der Waals surface area contributed by atoms with E-state index in [0.29, 0.717) is 24.2 Å². The van der Waals surface area contributed by atoms with Crippen LogP contribution in [0, 0.1) is 11.2 Å². The van der Waals surface area contributed by atoms with E-state index in [4.69, 9.17) is 14.2 Å². The topological polar surface area (TPSA) is 114 Å². The quantitative estimate of drug-likeness (QED) is 0.280. The normalized spacial score (nSPS) is 19.6. The van der Waals surface area contributed by atoms with Gasteiger partial charge in [0.15, 0.2) is 0 Å². The fraction of sp³-hybridized carbons (Fsp3) is 0.600. The Bertz CT molecular complexity index is 1590. The Morgan fingerprint density at radius 2 is 1.65 bits per heavy atom. The smallest absolute Gasteiger partial charge is 0.410 e. The minimum absolute atomic E-state index is 0.0410. The zero-order valence-corrected chi connectivity index (χ0v) is 30.0. The van der Waals surface area contributed by atoms with Gasteiger partial charge in [0.2, 0.25) is 15.5 Å². The van der Waals surface area contributed by atoms with E-state index >= 15 is 4.39 Å². The Balaban J connectivity index is 1.62. The minimum atomic E-state index is -4.37. The maximum atomic E-state index is 16.5. The second-order valence-corrected chi connectivity index (χ2v) is 16.6. The monoisotopic (exact) mass is 693 g/mol. The van der Waals surface area contributed by atoms with Gasteiger partial charge in [0.1, 0.15) is 29.4 Å². The highest BCUT2D eigenvalue weighted by molar-refractivity contribution is 7.89. The van der Waals surface area contributed by atoms with Crippen molar-refractivity contribution in [1.82, 2.24) is 14.5 Å². The number of amides is 2. The Kier molecular flexibility index (Phi) is 11.0. The van der Waals surface area contributed by atoms with Crippen LogP contribution < -0.4 is 9.46 Å². The van der Waals surface area contributed by atoms with Gasteiger partial charge in [-0.25, -0.2) is 31.5 Å². The number of hydrogen-bond acceptors (Lipinski definition) is 7. The molecule has 4 rings (SSSR count). The Hall–Kier alpha value is -3.45. The number of rotatable bonds is 11. The number of nitrogens with one attached hydrogen (secondary N) is 1. The van der Waals surface area contributed by atoms with Crippen molar-refractivity contribution in [2.45, 2.75) is 103 Å². The average molecular weight is 694 g/mol. The number of alkyl halides is 1. The van der Waals surface area contributed by atoms with Crippen molar-refractivity contribution in [3.05, 3.63) is 53.8 Å². The molecule has 2 fully saturated rings. The summed E-state index contributed by atoms with van der Waals surface area (Å²) in [5.41, 5.74) is -3.20. The van der Waals surface area contributed by atoms with Crippen LogP contribution in [-0.2, 0) is 25.9 Å². The van der Waals surface area contributed by atoms with E-state index in [0.717, 1.165) is 0 Å². The van der Waals surface area contributed by atoms with E-state index in [1.165, 1.54) is 16.7 Å². The standard InChI is InChI=1S/C35H49F2N3O7S/c1-9-28(36)48(43,44)38-30-26(40(22-35(30)17-18-35)32(42)47-34(5,6)7)21-23-13-12-15-25(29(23)37)24-14-10-11-16-27(24)45-20-19-39(8)31(41)46-33(2,3)4/h10-16,26,28,30,38H,9,17-22H2,1-8H3/t26-,28?,30?/m0/s1. The van der Waals surface area contributed by atoms with Gasteiger partial charge in [0, 0.05) is 30.1 Å². The van der Waals surface area contributed by atoms with Gasteiger partial charge in [-0.1, -0.05) is 43.3 Å². The molecule has 3 atom stereocenters. The molecule has 0 aromatic heterocycles. The molecule has 1 saturated heterocycles. The molecule has 13 heteroatoms. The van der Waals surface area contributed by atoms with Crippen molar-refractivity contribution < 1.29 is 41.0 Å². The Morgan fingerprint density at radius 1 is 1.02 bits per heavy atom. The molecule has 0 bridgehead atoms. The first kappa shape index (κ1) is 37.4. The molecule has 1 aliphatic carbocycles. The number of ether oxygens (including phenoxy) is 3. The second kappa shape index (κ2) is 14.2. The SMILES string of the molecule is CCC(F)S(=O)(=O)NC1[C@H](Cc2cccc(-c3ccccc3OCCN(C)C(=O)OC(C)(C)C)c2F)N(C(=O)OC(C)(C)C)CC12CC2. The molecule has 266 valence electrons. The van der Waals surface area contributed by atoms with Gasteiger partial charge in [-0.3, -0.25) is 0 Å². The summed E-state index contributed by atoms with van der Waals surface area (Å²) in [4.78, 5) is 28.7. The van der Waals surface area contributed by atoms with E-state index in [1.54, 1.807) is 91.1 Å². The predicted molar refractivity (Wildman–Crippen MR) is 179 cm³/mol. The van der Waals surface area contributed by atoms with Crippen molar-refractivity contribution in [1.29, 1.82) is 0 Å².